The van der Waals surface area contributed by atoms with Gasteiger partial charge < -0.3 is 23.7 Å². The van der Waals surface area contributed by atoms with Gasteiger partial charge in [0.25, 0.3) is 0 Å². The Morgan fingerprint density at radius 3 is 1.90 bits per heavy atom. The van der Waals surface area contributed by atoms with E-state index in [1.165, 1.54) is 44.9 Å². The molecule has 1 aliphatic heterocycles. The van der Waals surface area contributed by atoms with E-state index in [0.29, 0.717) is 13.4 Å². The van der Waals surface area contributed by atoms with E-state index in [0.717, 1.165) is 68.9 Å². The first-order chi connectivity index (χ1) is 14.8. The van der Waals surface area contributed by atoms with Gasteiger partial charge in [0.15, 0.2) is 11.5 Å². The molecule has 1 aromatic carbocycles. The lowest BCUT2D eigenvalue weighted by Gasteiger charge is -2.07. The fourth-order valence-corrected chi connectivity index (χ4v) is 3.27. The summed E-state index contributed by atoms with van der Waals surface area (Å²) in [6.45, 7) is 9.83. The van der Waals surface area contributed by atoms with Crippen molar-refractivity contribution in [1.82, 2.24) is 0 Å². The summed E-state index contributed by atoms with van der Waals surface area (Å²) in [6, 6.07) is 5.98. The van der Waals surface area contributed by atoms with Crippen LogP contribution in [0.15, 0.2) is 18.2 Å². The van der Waals surface area contributed by atoms with Gasteiger partial charge >= 0.3 is 0 Å². The molecule has 0 aliphatic carbocycles. The zero-order valence-electron chi connectivity index (χ0n) is 19.2. The standard InChI is InChI=1S/C25H42O5/c1-22(2)13-18-27-16-9-4-3-7-14-26-15-8-5-6-10-17-28-20-23-11-12-24-25(19-23)30-21-29-24/h11-12,19,22H,3-10,13-18,20-21H2,1-2H3. The molecule has 0 unspecified atom stereocenters. The molecule has 0 radical (unpaired) electrons. The minimum absolute atomic E-state index is 0.317. The Labute approximate surface area is 183 Å². The van der Waals surface area contributed by atoms with Crippen LogP contribution in [0.5, 0.6) is 11.5 Å². The summed E-state index contributed by atoms with van der Waals surface area (Å²) in [5, 5.41) is 0. The predicted molar refractivity (Wildman–Crippen MR) is 120 cm³/mol. The summed E-state index contributed by atoms with van der Waals surface area (Å²) in [5.74, 6) is 2.38. The summed E-state index contributed by atoms with van der Waals surface area (Å²) in [5.41, 5.74) is 1.13. The van der Waals surface area contributed by atoms with Crippen molar-refractivity contribution in [3.63, 3.8) is 0 Å². The molecular weight excluding hydrogens is 380 g/mol. The molecule has 0 fully saturated rings. The Balaban J connectivity index is 1.26. The molecule has 1 aromatic rings. The van der Waals surface area contributed by atoms with Crippen LogP contribution in [0, 0.1) is 5.92 Å². The third-order valence-electron chi connectivity index (χ3n) is 5.20. The van der Waals surface area contributed by atoms with E-state index in [4.69, 9.17) is 23.7 Å². The highest BCUT2D eigenvalue weighted by atomic mass is 16.7. The van der Waals surface area contributed by atoms with Gasteiger partial charge in [-0.3, -0.25) is 0 Å². The van der Waals surface area contributed by atoms with Crippen LogP contribution in [0.4, 0.5) is 0 Å². The topological polar surface area (TPSA) is 46.2 Å². The van der Waals surface area contributed by atoms with Gasteiger partial charge in [0.05, 0.1) is 6.61 Å². The SMILES string of the molecule is CC(C)CCOCCCCCCOCCCCCCOCc1ccc2c(c1)OCO2. The lowest BCUT2D eigenvalue weighted by atomic mass is 10.1. The van der Waals surface area contributed by atoms with Crippen molar-refractivity contribution in [3.8, 4) is 11.5 Å². The van der Waals surface area contributed by atoms with Crippen LogP contribution < -0.4 is 9.47 Å². The average molecular weight is 423 g/mol. The Bertz CT molecular complexity index is 546. The highest BCUT2D eigenvalue weighted by molar-refractivity contribution is 5.44. The minimum Gasteiger partial charge on any atom is -0.454 e. The van der Waals surface area contributed by atoms with Gasteiger partial charge in [0.2, 0.25) is 6.79 Å². The van der Waals surface area contributed by atoms with Crippen molar-refractivity contribution in [2.24, 2.45) is 5.92 Å². The van der Waals surface area contributed by atoms with E-state index in [2.05, 4.69) is 13.8 Å². The molecule has 1 aliphatic rings. The highest BCUT2D eigenvalue weighted by Crippen LogP contribution is 2.32. The number of hydrogen-bond acceptors (Lipinski definition) is 5. The second-order valence-electron chi connectivity index (χ2n) is 8.48. The third-order valence-corrected chi connectivity index (χ3v) is 5.20. The molecule has 30 heavy (non-hydrogen) atoms. The molecule has 1 heterocycles. The molecule has 0 atom stereocenters. The van der Waals surface area contributed by atoms with Gasteiger partial charge in [0.1, 0.15) is 0 Å². The summed E-state index contributed by atoms with van der Waals surface area (Å²) < 4.78 is 27.9. The van der Waals surface area contributed by atoms with Gasteiger partial charge in [-0.1, -0.05) is 45.6 Å². The number of ether oxygens (including phenoxy) is 5. The first kappa shape index (κ1) is 25.0. The molecular formula is C25H42O5. The molecule has 2 rings (SSSR count). The van der Waals surface area contributed by atoms with E-state index < -0.39 is 0 Å². The number of benzene rings is 1. The van der Waals surface area contributed by atoms with E-state index in [1.807, 2.05) is 18.2 Å². The van der Waals surface area contributed by atoms with Crippen molar-refractivity contribution >= 4 is 0 Å². The Hall–Kier alpha value is -1.30. The predicted octanol–water partition coefficient (Wildman–Crippen LogP) is 6.13. The number of hydrogen-bond donors (Lipinski definition) is 0. The maximum Gasteiger partial charge on any atom is 0.231 e. The van der Waals surface area contributed by atoms with Gasteiger partial charge in [-0.05, 0) is 55.7 Å². The molecule has 0 aromatic heterocycles. The van der Waals surface area contributed by atoms with Crippen LogP contribution in [-0.2, 0) is 20.8 Å². The van der Waals surface area contributed by atoms with Crippen molar-refractivity contribution in [3.05, 3.63) is 23.8 Å². The average Bonchev–Trinajstić information content (AvgIpc) is 3.20. The van der Waals surface area contributed by atoms with E-state index >= 15 is 0 Å². The molecule has 0 saturated heterocycles. The molecule has 0 saturated carbocycles. The third kappa shape index (κ3) is 11.8. The van der Waals surface area contributed by atoms with E-state index in [9.17, 15) is 0 Å². The van der Waals surface area contributed by atoms with Gasteiger partial charge in [-0.15, -0.1) is 0 Å². The first-order valence-corrected chi connectivity index (χ1v) is 11.9. The van der Waals surface area contributed by atoms with Crippen LogP contribution >= 0.6 is 0 Å². The van der Waals surface area contributed by atoms with Crippen LogP contribution in [-0.4, -0.2) is 39.8 Å². The van der Waals surface area contributed by atoms with Crippen molar-refractivity contribution < 1.29 is 23.7 Å². The fourth-order valence-electron chi connectivity index (χ4n) is 3.27. The van der Waals surface area contributed by atoms with Crippen molar-refractivity contribution in [1.29, 1.82) is 0 Å². The molecule has 0 amide bonds. The highest BCUT2D eigenvalue weighted by Gasteiger charge is 2.12. The maximum atomic E-state index is 5.77. The molecule has 0 N–H and O–H groups in total. The zero-order chi connectivity index (χ0) is 21.3. The molecule has 0 bridgehead atoms. The second kappa shape index (κ2) is 16.4. The van der Waals surface area contributed by atoms with Gasteiger partial charge in [-0.2, -0.15) is 0 Å². The van der Waals surface area contributed by atoms with E-state index in [1.54, 1.807) is 0 Å². The normalized spacial score (nSPS) is 12.8. The lowest BCUT2D eigenvalue weighted by Crippen LogP contribution is -2.01. The monoisotopic (exact) mass is 422 g/mol. The number of unbranched alkanes of at least 4 members (excludes halogenated alkanes) is 6. The van der Waals surface area contributed by atoms with Crippen LogP contribution in [0.3, 0.4) is 0 Å². The summed E-state index contributed by atoms with van der Waals surface area (Å²) in [6.07, 6.45) is 10.7. The van der Waals surface area contributed by atoms with Crippen molar-refractivity contribution in [2.45, 2.75) is 78.2 Å². The Morgan fingerprint density at radius 1 is 0.700 bits per heavy atom. The molecule has 5 nitrogen and oxygen atoms in total. The fraction of sp³-hybridized carbons (Fsp3) is 0.760. The Morgan fingerprint density at radius 2 is 1.27 bits per heavy atom. The lowest BCUT2D eigenvalue weighted by molar-refractivity contribution is 0.109. The van der Waals surface area contributed by atoms with Crippen LogP contribution in [0.1, 0.15) is 77.2 Å². The molecule has 172 valence electrons. The quantitative estimate of drug-likeness (QED) is 0.251. The summed E-state index contributed by atoms with van der Waals surface area (Å²) >= 11 is 0. The molecule has 5 heteroatoms. The number of fused-ring (bicyclic) bond motifs is 1. The second-order valence-corrected chi connectivity index (χ2v) is 8.48. The van der Waals surface area contributed by atoms with Crippen LogP contribution in [0.2, 0.25) is 0 Å². The largest absolute Gasteiger partial charge is 0.454 e. The maximum absolute atomic E-state index is 5.77. The first-order valence-electron chi connectivity index (χ1n) is 11.9. The van der Waals surface area contributed by atoms with Gasteiger partial charge in [-0.25, -0.2) is 0 Å². The minimum atomic E-state index is 0.317. The number of rotatable bonds is 19. The van der Waals surface area contributed by atoms with Crippen molar-refractivity contribution in [2.75, 3.05) is 39.8 Å². The van der Waals surface area contributed by atoms with Gasteiger partial charge in [0, 0.05) is 33.0 Å². The summed E-state index contributed by atoms with van der Waals surface area (Å²) in [7, 11) is 0. The molecule has 0 spiro atoms. The van der Waals surface area contributed by atoms with Crippen LogP contribution in [0.25, 0.3) is 0 Å². The van der Waals surface area contributed by atoms with E-state index in [-0.39, 0.29) is 0 Å². The summed E-state index contributed by atoms with van der Waals surface area (Å²) in [4.78, 5) is 0. The Kier molecular flexibility index (Phi) is 13.6. The zero-order valence-corrected chi connectivity index (χ0v) is 19.2. The smallest absolute Gasteiger partial charge is 0.231 e.